The highest BCUT2D eigenvalue weighted by Crippen LogP contribution is 2.17. The molecule has 0 unspecified atom stereocenters. The molecule has 17 heavy (non-hydrogen) atoms. The van der Waals surface area contributed by atoms with Crippen LogP contribution in [0.5, 0.6) is 0 Å². The second-order valence-corrected chi connectivity index (χ2v) is 4.04. The standard InChI is InChI=1S/C12H16N4O/c1-8(17)9-5-10(13)7-11(6-9)16-12-14-3-2-4-15-12/h5-7H,2-4,13H2,1H3,(H2,14,15,16). The molecule has 0 aromatic heterocycles. The van der Waals surface area contributed by atoms with E-state index in [0.717, 1.165) is 31.2 Å². The normalized spacial score (nSPS) is 14.8. The fraction of sp³-hybridized carbons (Fsp3) is 0.333. The molecule has 5 nitrogen and oxygen atoms in total. The quantitative estimate of drug-likeness (QED) is 0.529. The third-order valence-electron chi connectivity index (χ3n) is 2.52. The Bertz CT molecular complexity index is 468. The number of carbonyl (C=O) groups excluding carboxylic acids is 1. The lowest BCUT2D eigenvalue weighted by Gasteiger charge is -2.16. The summed E-state index contributed by atoms with van der Waals surface area (Å²) in [5.74, 6) is 0.732. The van der Waals surface area contributed by atoms with Crippen LogP contribution in [0.4, 0.5) is 11.4 Å². The SMILES string of the molecule is CC(=O)c1cc(N)cc(NC2=NCCCN2)c1. The Hall–Kier alpha value is -2.04. The zero-order valence-electron chi connectivity index (χ0n) is 9.79. The predicted molar refractivity (Wildman–Crippen MR) is 69.4 cm³/mol. The molecule has 0 spiro atoms. The number of hydrogen-bond acceptors (Lipinski definition) is 5. The fourth-order valence-electron chi connectivity index (χ4n) is 1.68. The fourth-order valence-corrected chi connectivity index (χ4v) is 1.68. The van der Waals surface area contributed by atoms with Crippen molar-refractivity contribution in [2.24, 2.45) is 4.99 Å². The topological polar surface area (TPSA) is 79.5 Å². The molecule has 1 aliphatic rings. The lowest BCUT2D eigenvalue weighted by Crippen LogP contribution is -2.35. The summed E-state index contributed by atoms with van der Waals surface area (Å²) in [5.41, 5.74) is 7.70. The van der Waals surface area contributed by atoms with Crippen molar-refractivity contribution in [2.75, 3.05) is 24.1 Å². The molecule has 1 aromatic rings. The maximum absolute atomic E-state index is 11.3. The van der Waals surface area contributed by atoms with Crippen molar-refractivity contribution in [3.8, 4) is 0 Å². The van der Waals surface area contributed by atoms with Crippen LogP contribution in [0.15, 0.2) is 23.2 Å². The first kappa shape index (κ1) is 11.4. The van der Waals surface area contributed by atoms with Crippen LogP contribution in [-0.2, 0) is 0 Å². The van der Waals surface area contributed by atoms with Crippen LogP contribution in [0.1, 0.15) is 23.7 Å². The molecule has 0 bridgehead atoms. The van der Waals surface area contributed by atoms with Crippen molar-refractivity contribution in [1.82, 2.24) is 5.32 Å². The lowest BCUT2D eigenvalue weighted by atomic mass is 10.1. The Balaban J connectivity index is 2.20. The van der Waals surface area contributed by atoms with Gasteiger partial charge in [-0.25, -0.2) is 0 Å². The van der Waals surface area contributed by atoms with Crippen LogP contribution in [-0.4, -0.2) is 24.8 Å². The van der Waals surface area contributed by atoms with Gasteiger partial charge >= 0.3 is 0 Å². The summed E-state index contributed by atoms with van der Waals surface area (Å²) in [6.07, 6.45) is 1.04. The highest BCUT2D eigenvalue weighted by atomic mass is 16.1. The summed E-state index contributed by atoms with van der Waals surface area (Å²) in [4.78, 5) is 15.6. The summed E-state index contributed by atoms with van der Waals surface area (Å²) in [5, 5.41) is 6.27. The minimum absolute atomic E-state index is 0.00103. The molecule has 1 aromatic carbocycles. The predicted octanol–water partition coefficient (Wildman–Crippen LogP) is 1.23. The van der Waals surface area contributed by atoms with E-state index in [4.69, 9.17) is 5.73 Å². The number of hydrogen-bond donors (Lipinski definition) is 3. The van der Waals surface area contributed by atoms with Crippen molar-refractivity contribution in [2.45, 2.75) is 13.3 Å². The molecule has 5 heteroatoms. The first-order valence-electron chi connectivity index (χ1n) is 5.62. The van der Waals surface area contributed by atoms with Crippen LogP contribution in [0.25, 0.3) is 0 Å². The number of rotatable bonds is 2. The second-order valence-electron chi connectivity index (χ2n) is 4.04. The zero-order valence-corrected chi connectivity index (χ0v) is 9.79. The van der Waals surface area contributed by atoms with Crippen molar-refractivity contribution in [1.29, 1.82) is 0 Å². The molecule has 2 rings (SSSR count). The van der Waals surface area contributed by atoms with E-state index in [-0.39, 0.29) is 5.78 Å². The van der Waals surface area contributed by atoms with Gasteiger partial charge in [-0.1, -0.05) is 0 Å². The first-order valence-corrected chi connectivity index (χ1v) is 5.62. The number of carbonyl (C=O) groups is 1. The van der Waals surface area contributed by atoms with E-state index >= 15 is 0 Å². The molecule has 4 N–H and O–H groups in total. The molecule has 0 amide bonds. The summed E-state index contributed by atoms with van der Waals surface area (Å²) >= 11 is 0. The Morgan fingerprint density at radius 1 is 1.47 bits per heavy atom. The van der Waals surface area contributed by atoms with Crippen molar-refractivity contribution >= 4 is 23.1 Å². The van der Waals surface area contributed by atoms with Crippen molar-refractivity contribution < 1.29 is 4.79 Å². The Morgan fingerprint density at radius 3 is 2.94 bits per heavy atom. The molecule has 0 aliphatic carbocycles. The van der Waals surface area contributed by atoms with Crippen LogP contribution < -0.4 is 16.4 Å². The van der Waals surface area contributed by atoms with Gasteiger partial charge in [0.2, 0.25) is 0 Å². The number of nitrogen functional groups attached to an aromatic ring is 1. The van der Waals surface area contributed by atoms with Gasteiger partial charge in [0.15, 0.2) is 11.7 Å². The van der Waals surface area contributed by atoms with Gasteiger partial charge in [-0.15, -0.1) is 0 Å². The first-order chi connectivity index (χ1) is 8.15. The summed E-state index contributed by atoms with van der Waals surface area (Å²) in [6, 6.07) is 5.23. The summed E-state index contributed by atoms with van der Waals surface area (Å²) < 4.78 is 0. The number of anilines is 2. The van der Waals surface area contributed by atoms with Crippen molar-refractivity contribution in [3.05, 3.63) is 23.8 Å². The van der Waals surface area contributed by atoms with Gasteiger partial charge in [-0.3, -0.25) is 9.79 Å². The van der Waals surface area contributed by atoms with E-state index < -0.39 is 0 Å². The van der Waals surface area contributed by atoms with Crippen LogP contribution in [0.2, 0.25) is 0 Å². The van der Waals surface area contributed by atoms with E-state index in [9.17, 15) is 4.79 Å². The molecule has 0 saturated heterocycles. The summed E-state index contributed by atoms with van der Waals surface area (Å²) in [7, 11) is 0. The monoisotopic (exact) mass is 232 g/mol. The number of Topliss-reactive ketones (excluding diaryl/α,β-unsaturated/α-hetero) is 1. The minimum Gasteiger partial charge on any atom is -0.399 e. The van der Waals surface area contributed by atoms with Gasteiger partial charge in [-0.05, 0) is 31.5 Å². The van der Waals surface area contributed by atoms with E-state index in [1.165, 1.54) is 6.92 Å². The molecule has 0 radical (unpaired) electrons. The van der Waals surface area contributed by atoms with Gasteiger partial charge in [0, 0.05) is 30.0 Å². The summed E-state index contributed by atoms with van der Waals surface area (Å²) in [6.45, 7) is 3.25. The van der Waals surface area contributed by atoms with Crippen LogP contribution in [0, 0.1) is 0 Å². The van der Waals surface area contributed by atoms with Gasteiger partial charge in [0.05, 0.1) is 0 Å². The Kier molecular flexibility index (Phi) is 3.27. The number of benzene rings is 1. The zero-order chi connectivity index (χ0) is 12.3. The lowest BCUT2D eigenvalue weighted by molar-refractivity contribution is 0.101. The van der Waals surface area contributed by atoms with E-state index in [2.05, 4.69) is 15.6 Å². The smallest absolute Gasteiger partial charge is 0.195 e. The number of aliphatic imine (C=N–C) groups is 1. The molecule has 0 atom stereocenters. The van der Waals surface area contributed by atoms with E-state index in [0.29, 0.717) is 11.3 Å². The highest BCUT2D eigenvalue weighted by Gasteiger charge is 2.07. The number of nitrogens with two attached hydrogens (primary N) is 1. The molecule has 0 fully saturated rings. The molecular formula is C12H16N4O. The third-order valence-corrected chi connectivity index (χ3v) is 2.52. The van der Waals surface area contributed by atoms with Gasteiger partial charge in [0.25, 0.3) is 0 Å². The average molecular weight is 232 g/mol. The Morgan fingerprint density at radius 2 is 2.29 bits per heavy atom. The maximum atomic E-state index is 11.3. The molecule has 0 saturated carbocycles. The molecule has 90 valence electrons. The average Bonchev–Trinajstić information content (AvgIpc) is 2.29. The third kappa shape index (κ3) is 2.96. The minimum atomic E-state index is -0.00103. The van der Waals surface area contributed by atoms with E-state index in [1.807, 2.05) is 0 Å². The number of guanidine groups is 1. The Labute approximate surface area is 100 Å². The number of nitrogens with one attached hydrogen (secondary N) is 2. The van der Waals surface area contributed by atoms with Crippen molar-refractivity contribution in [3.63, 3.8) is 0 Å². The van der Waals surface area contributed by atoms with Crippen LogP contribution in [0.3, 0.4) is 0 Å². The number of nitrogens with zero attached hydrogens (tertiary/aromatic N) is 1. The molecule has 1 heterocycles. The second kappa shape index (κ2) is 4.86. The van der Waals surface area contributed by atoms with Gasteiger partial charge in [0.1, 0.15) is 0 Å². The number of ketones is 1. The molecule has 1 aliphatic heterocycles. The largest absolute Gasteiger partial charge is 0.399 e. The molecular weight excluding hydrogens is 216 g/mol. The highest BCUT2D eigenvalue weighted by molar-refractivity contribution is 5.99. The van der Waals surface area contributed by atoms with Crippen LogP contribution >= 0.6 is 0 Å². The van der Waals surface area contributed by atoms with Gasteiger partial charge in [-0.2, -0.15) is 0 Å². The van der Waals surface area contributed by atoms with E-state index in [1.54, 1.807) is 18.2 Å². The van der Waals surface area contributed by atoms with Gasteiger partial charge < -0.3 is 16.4 Å². The maximum Gasteiger partial charge on any atom is 0.195 e.